The second kappa shape index (κ2) is 8.68. The molecule has 0 fully saturated rings. The summed E-state index contributed by atoms with van der Waals surface area (Å²) in [7, 11) is 0. The molecule has 0 aromatic heterocycles. The molecule has 0 saturated heterocycles. The molecule has 2 unspecified atom stereocenters. The van der Waals surface area contributed by atoms with Crippen LogP contribution in [0, 0.1) is 5.92 Å². The highest BCUT2D eigenvalue weighted by Crippen LogP contribution is 2.28. The van der Waals surface area contributed by atoms with E-state index in [1.165, 1.54) is 12.8 Å². The van der Waals surface area contributed by atoms with Crippen LogP contribution in [0.15, 0.2) is 30.3 Å². The van der Waals surface area contributed by atoms with E-state index in [0.29, 0.717) is 6.42 Å². The summed E-state index contributed by atoms with van der Waals surface area (Å²) < 4.78 is 0. The average Bonchev–Trinajstić information content (AvgIpc) is 2.45. The van der Waals surface area contributed by atoms with Crippen molar-refractivity contribution in [3.8, 4) is 0 Å². The maximum absolute atomic E-state index is 12.5. The summed E-state index contributed by atoms with van der Waals surface area (Å²) in [6, 6.07) is 9.70. The van der Waals surface area contributed by atoms with E-state index in [0.717, 1.165) is 18.4 Å². The zero-order chi connectivity index (χ0) is 15.0. The minimum absolute atomic E-state index is 0.0840. The highest BCUT2D eigenvalue weighted by molar-refractivity contribution is 5.92. The highest BCUT2D eigenvalue weighted by Gasteiger charge is 2.28. The zero-order valence-corrected chi connectivity index (χ0v) is 12.9. The molecule has 2 heteroatoms. The lowest BCUT2D eigenvalue weighted by Gasteiger charge is -2.21. The molecule has 0 amide bonds. The van der Waals surface area contributed by atoms with Crippen molar-refractivity contribution < 1.29 is 9.59 Å². The van der Waals surface area contributed by atoms with Gasteiger partial charge < -0.3 is 0 Å². The molecule has 110 valence electrons. The third kappa shape index (κ3) is 4.92. The predicted molar refractivity (Wildman–Crippen MR) is 82.8 cm³/mol. The van der Waals surface area contributed by atoms with Gasteiger partial charge in [-0.2, -0.15) is 0 Å². The second-order valence-electron chi connectivity index (χ2n) is 5.56. The Balaban J connectivity index is 2.78. The van der Waals surface area contributed by atoms with Crippen molar-refractivity contribution in [2.45, 2.75) is 58.8 Å². The van der Waals surface area contributed by atoms with E-state index in [1.54, 1.807) is 6.92 Å². The topological polar surface area (TPSA) is 34.1 Å². The summed E-state index contributed by atoms with van der Waals surface area (Å²) in [4.78, 5) is 24.2. The second-order valence-corrected chi connectivity index (χ2v) is 5.56. The predicted octanol–water partition coefficient (Wildman–Crippen LogP) is 4.53. The Hall–Kier alpha value is -1.44. The first kappa shape index (κ1) is 16.6. The van der Waals surface area contributed by atoms with Crippen molar-refractivity contribution in [3.05, 3.63) is 35.9 Å². The third-order valence-electron chi connectivity index (χ3n) is 3.92. The Morgan fingerprint density at radius 2 is 1.70 bits per heavy atom. The van der Waals surface area contributed by atoms with Crippen molar-refractivity contribution in [3.63, 3.8) is 0 Å². The van der Waals surface area contributed by atoms with Crippen LogP contribution in [0.4, 0.5) is 0 Å². The van der Waals surface area contributed by atoms with Gasteiger partial charge in [0.25, 0.3) is 0 Å². The molecule has 20 heavy (non-hydrogen) atoms. The van der Waals surface area contributed by atoms with Gasteiger partial charge in [0.1, 0.15) is 11.6 Å². The van der Waals surface area contributed by atoms with Gasteiger partial charge in [-0.25, -0.2) is 0 Å². The SMILES string of the molecule is CCCCCCC(=O)C(c1ccccc1)C(C)C(C)=O. The van der Waals surface area contributed by atoms with Gasteiger partial charge in [-0.15, -0.1) is 0 Å². The van der Waals surface area contributed by atoms with E-state index in [2.05, 4.69) is 6.92 Å². The van der Waals surface area contributed by atoms with Crippen LogP contribution in [0.5, 0.6) is 0 Å². The van der Waals surface area contributed by atoms with Crippen LogP contribution in [-0.2, 0) is 9.59 Å². The summed E-state index contributed by atoms with van der Waals surface area (Å²) in [5.74, 6) is -0.234. The van der Waals surface area contributed by atoms with Gasteiger partial charge in [0.05, 0.1) is 5.92 Å². The molecule has 2 nitrogen and oxygen atoms in total. The van der Waals surface area contributed by atoms with Crippen molar-refractivity contribution in [1.29, 1.82) is 0 Å². The van der Waals surface area contributed by atoms with Gasteiger partial charge in [-0.3, -0.25) is 9.59 Å². The Kier molecular flexibility index (Phi) is 7.21. The number of benzene rings is 1. The minimum Gasteiger partial charge on any atom is -0.300 e. The fourth-order valence-corrected chi connectivity index (χ4v) is 2.53. The van der Waals surface area contributed by atoms with Gasteiger partial charge in [-0.1, -0.05) is 63.4 Å². The summed E-state index contributed by atoms with van der Waals surface area (Å²) in [6.45, 7) is 5.60. The normalized spacial score (nSPS) is 13.8. The smallest absolute Gasteiger partial charge is 0.141 e. The molecule has 0 radical (unpaired) electrons. The Bertz CT molecular complexity index is 422. The molecule has 0 N–H and O–H groups in total. The van der Waals surface area contributed by atoms with Gasteiger partial charge >= 0.3 is 0 Å². The summed E-state index contributed by atoms with van der Waals surface area (Å²) in [5.41, 5.74) is 0.968. The van der Waals surface area contributed by atoms with Crippen molar-refractivity contribution >= 4 is 11.6 Å². The van der Waals surface area contributed by atoms with Crippen molar-refractivity contribution in [1.82, 2.24) is 0 Å². The first-order chi connectivity index (χ1) is 9.57. The van der Waals surface area contributed by atoms with Crippen LogP contribution < -0.4 is 0 Å². The molecule has 2 atom stereocenters. The van der Waals surface area contributed by atoms with E-state index >= 15 is 0 Å². The number of hydrogen-bond acceptors (Lipinski definition) is 2. The number of carbonyl (C=O) groups excluding carboxylic acids is 2. The molecule has 0 bridgehead atoms. The van der Waals surface area contributed by atoms with Crippen LogP contribution in [0.2, 0.25) is 0 Å². The quantitative estimate of drug-likeness (QED) is 0.620. The molecule has 0 aliphatic rings. The highest BCUT2D eigenvalue weighted by atomic mass is 16.1. The molecule has 0 heterocycles. The largest absolute Gasteiger partial charge is 0.300 e. The lowest BCUT2D eigenvalue weighted by atomic mass is 9.80. The molecule has 0 aliphatic carbocycles. The summed E-state index contributed by atoms with van der Waals surface area (Å²) in [5, 5.41) is 0. The maximum Gasteiger partial charge on any atom is 0.141 e. The number of ketones is 2. The molecule has 1 aromatic rings. The molecule has 1 rings (SSSR count). The first-order valence-electron chi connectivity index (χ1n) is 7.66. The Morgan fingerprint density at radius 1 is 1.05 bits per heavy atom. The first-order valence-corrected chi connectivity index (χ1v) is 7.66. The number of hydrogen-bond donors (Lipinski definition) is 0. The molecular weight excluding hydrogens is 248 g/mol. The molecule has 0 spiro atoms. The van der Waals surface area contributed by atoms with Gasteiger partial charge in [0.2, 0.25) is 0 Å². The molecule has 0 saturated carbocycles. The Morgan fingerprint density at radius 3 is 2.25 bits per heavy atom. The molecular formula is C18H26O2. The molecule has 0 aliphatic heterocycles. The Labute approximate surface area is 122 Å². The van der Waals surface area contributed by atoms with E-state index in [9.17, 15) is 9.59 Å². The van der Waals surface area contributed by atoms with Crippen LogP contribution >= 0.6 is 0 Å². The van der Waals surface area contributed by atoms with Crippen LogP contribution in [-0.4, -0.2) is 11.6 Å². The fourth-order valence-electron chi connectivity index (χ4n) is 2.53. The maximum atomic E-state index is 12.5. The zero-order valence-electron chi connectivity index (χ0n) is 12.9. The minimum atomic E-state index is -0.282. The third-order valence-corrected chi connectivity index (χ3v) is 3.92. The van der Waals surface area contributed by atoms with Gasteiger partial charge in [0, 0.05) is 12.3 Å². The number of rotatable bonds is 9. The number of unbranched alkanes of at least 4 members (excludes halogenated alkanes) is 3. The van der Waals surface area contributed by atoms with E-state index in [1.807, 2.05) is 37.3 Å². The van der Waals surface area contributed by atoms with E-state index in [-0.39, 0.29) is 23.4 Å². The summed E-state index contributed by atoms with van der Waals surface area (Å²) >= 11 is 0. The van der Waals surface area contributed by atoms with E-state index < -0.39 is 0 Å². The van der Waals surface area contributed by atoms with Crippen LogP contribution in [0.1, 0.15) is 64.4 Å². The van der Waals surface area contributed by atoms with Gasteiger partial charge in [0.15, 0.2) is 0 Å². The number of Topliss-reactive ketones (excluding diaryl/α,β-unsaturated/α-hetero) is 2. The standard InChI is InChI=1S/C18H26O2/c1-4-5-6-10-13-17(20)18(14(2)15(3)19)16-11-8-7-9-12-16/h7-9,11-12,14,18H,4-6,10,13H2,1-3H3. The van der Waals surface area contributed by atoms with E-state index in [4.69, 9.17) is 0 Å². The lowest BCUT2D eigenvalue weighted by Crippen LogP contribution is -2.24. The average molecular weight is 274 g/mol. The monoisotopic (exact) mass is 274 g/mol. The van der Waals surface area contributed by atoms with Crippen molar-refractivity contribution in [2.75, 3.05) is 0 Å². The summed E-state index contributed by atoms with van der Waals surface area (Å²) in [6.07, 6.45) is 4.95. The molecule has 1 aromatic carbocycles. The van der Waals surface area contributed by atoms with Crippen molar-refractivity contribution in [2.24, 2.45) is 5.92 Å². The van der Waals surface area contributed by atoms with Gasteiger partial charge in [-0.05, 0) is 18.9 Å². The number of carbonyl (C=O) groups is 2. The lowest BCUT2D eigenvalue weighted by molar-refractivity contribution is -0.128. The fraction of sp³-hybridized carbons (Fsp3) is 0.556. The van der Waals surface area contributed by atoms with Crippen LogP contribution in [0.3, 0.4) is 0 Å². The van der Waals surface area contributed by atoms with Crippen LogP contribution in [0.25, 0.3) is 0 Å².